The Hall–Kier alpha value is -1.59. The minimum atomic E-state index is 0.0760. The van der Waals surface area contributed by atoms with Crippen LogP contribution in [0, 0.1) is 12.3 Å². The molecule has 0 aliphatic carbocycles. The maximum atomic E-state index is 8.78. The van der Waals surface area contributed by atoms with E-state index in [9.17, 15) is 0 Å². The predicted molar refractivity (Wildman–Crippen MR) is 80.5 cm³/mol. The zero-order chi connectivity index (χ0) is 14.5. The fraction of sp³-hybridized carbons (Fsp3) is 0.533. The second-order valence-corrected chi connectivity index (χ2v) is 5.22. The Morgan fingerprint density at radius 1 is 1.45 bits per heavy atom. The molecular formula is C15H23N3O2. The van der Waals surface area contributed by atoms with Crippen LogP contribution >= 0.6 is 0 Å². The van der Waals surface area contributed by atoms with Crippen molar-refractivity contribution in [1.29, 1.82) is 5.41 Å². The SMILES string of the molecule is Cc1ccc(C(=N)N)c(N2CCC(OCCO)CC2)c1. The zero-order valence-electron chi connectivity index (χ0n) is 11.9. The molecule has 2 rings (SSSR count). The topological polar surface area (TPSA) is 82.6 Å². The van der Waals surface area contributed by atoms with E-state index in [4.69, 9.17) is 21.0 Å². The Labute approximate surface area is 119 Å². The normalized spacial score (nSPS) is 16.4. The number of nitrogen functional groups attached to an aromatic ring is 1. The van der Waals surface area contributed by atoms with Crippen molar-refractivity contribution in [3.05, 3.63) is 29.3 Å². The van der Waals surface area contributed by atoms with E-state index in [0.29, 0.717) is 6.61 Å². The molecule has 0 saturated carbocycles. The molecule has 5 heteroatoms. The summed E-state index contributed by atoms with van der Waals surface area (Å²) < 4.78 is 5.57. The fourth-order valence-electron chi connectivity index (χ4n) is 2.61. The van der Waals surface area contributed by atoms with Gasteiger partial charge in [0.2, 0.25) is 0 Å². The molecule has 20 heavy (non-hydrogen) atoms. The van der Waals surface area contributed by atoms with Crippen LogP contribution in [0.25, 0.3) is 0 Å². The van der Waals surface area contributed by atoms with Crippen LogP contribution in [-0.4, -0.2) is 43.3 Å². The van der Waals surface area contributed by atoms with Crippen molar-refractivity contribution in [1.82, 2.24) is 0 Å². The molecule has 0 radical (unpaired) electrons. The van der Waals surface area contributed by atoms with Gasteiger partial charge in [-0.05, 0) is 37.5 Å². The summed E-state index contributed by atoms with van der Waals surface area (Å²) in [4.78, 5) is 2.27. The lowest BCUT2D eigenvalue weighted by molar-refractivity contribution is 0.0159. The highest BCUT2D eigenvalue weighted by Gasteiger charge is 2.22. The maximum Gasteiger partial charge on any atom is 0.124 e. The van der Waals surface area contributed by atoms with E-state index in [1.807, 2.05) is 19.1 Å². The number of aliphatic hydroxyl groups excluding tert-OH is 1. The van der Waals surface area contributed by atoms with Crippen LogP contribution in [0.2, 0.25) is 0 Å². The lowest BCUT2D eigenvalue weighted by atomic mass is 10.0. The summed E-state index contributed by atoms with van der Waals surface area (Å²) in [5.74, 6) is 0.110. The number of benzene rings is 1. The molecule has 1 heterocycles. The summed E-state index contributed by atoms with van der Waals surface area (Å²) in [6.45, 7) is 4.31. The summed E-state index contributed by atoms with van der Waals surface area (Å²) in [5, 5.41) is 16.5. The molecule has 0 atom stereocenters. The van der Waals surface area contributed by atoms with Crippen LogP contribution in [-0.2, 0) is 4.74 Å². The molecular weight excluding hydrogens is 254 g/mol. The van der Waals surface area contributed by atoms with Gasteiger partial charge in [0.05, 0.1) is 19.3 Å². The second kappa shape index (κ2) is 6.72. The third kappa shape index (κ3) is 3.49. The lowest BCUT2D eigenvalue weighted by Gasteiger charge is -2.34. The average molecular weight is 277 g/mol. The summed E-state index contributed by atoms with van der Waals surface area (Å²) in [6, 6.07) is 5.99. The second-order valence-electron chi connectivity index (χ2n) is 5.22. The first-order valence-electron chi connectivity index (χ1n) is 7.04. The van der Waals surface area contributed by atoms with E-state index in [-0.39, 0.29) is 18.5 Å². The number of hydrogen-bond donors (Lipinski definition) is 3. The van der Waals surface area contributed by atoms with Crippen LogP contribution in [0.15, 0.2) is 18.2 Å². The molecule has 1 aromatic carbocycles. The molecule has 0 aromatic heterocycles. The van der Waals surface area contributed by atoms with Crippen molar-refractivity contribution < 1.29 is 9.84 Å². The van der Waals surface area contributed by atoms with Gasteiger partial charge >= 0.3 is 0 Å². The standard InChI is InChI=1S/C15H23N3O2/c1-11-2-3-13(15(16)17)14(10-11)18-6-4-12(5-7-18)20-9-8-19/h2-3,10,12,19H,4-9H2,1H3,(H3,16,17). The number of nitrogens with one attached hydrogen (secondary N) is 1. The number of aliphatic hydroxyl groups is 1. The van der Waals surface area contributed by atoms with Gasteiger partial charge in [0.25, 0.3) is 0 Å². The molecule has 1 aliphatic heterocycles. The van der Waals surface area contributed by atoms with E-state index in [1.165, 1.54) is 5.56 Å². The number of nitrogens with zero attached hydrogens (tertiary/aromatic N) is 1. The van der Waals surface area contributed by atoms with Crippen molar-refractivity contribution in [2.75, 3.05) is 31.2 Å². The first-order chi connectivity index (χ1) is 9.61. The number of anilines is 1. The zero-order valence-corrected chi connectivity index (χ0v) is 11.9. The highest BCUT2D eigenvalue weighted by molar-refractivity contribution is 6.00. The van der Waals surface area contributed by atoms with Gasteiger partial charge in [-0.25, -0.2) is 0 Å². The number of ether oxygens (including phenoxy) is 1. The predicted octanol–water partition coefficient (Wildman–Crippen LogP) is 1.26. The Bertz CT molecular complexity index is 468. The van der Waals surface area contributed by atoms with Crippen molar-refractivity contribution >= 4 is 11.5 Å². The molecule has 0 spiro atoms. The third-order valence-corrected chi connectivity index (χ3v) is 3.67. The van der Waals surface area contributed by atoms with Gasteiger partial charge in [-0.3, -0.25) is 5.41 Å². The molecule has 0 amide bonds. The molecule has 4 N–H and O–H groups in total. The van der Waals surface area contributed by atoms with E-state index in [0.717, 1.165) is 37.2 Å². The smallest absolute Gasteiger partial charge is 0.124 e. The number of hydrogen-bond acceptors (Lipinski definition) is 4. The fourth-order valence-corrected chi connectivity index (χ4v) is 2.61. The van der Waals surface area contributed by atoms with Gasteiger partial charge in [0.1, 0.15) is 5.84 Å². The first-order valence-corrected chi connectivity index (χ1v) is 7.04. The molecule has 1 fully saturated rings. The van der Waals surface area contributed by atoms with Crippen LogP contribution in [0.1, 0.15) is 24.0 Å². The van der Waals surface area contributed by atoms with Crippen molar-refractivity contribution in [3.63, 3.8) is 0 Å². The number of amidine groups is 1. The summed E-state index contributed by atoms with van der Waals surface area (Å²) >= 11 is 0. The van der Waals surface area contributed by atoms with Crippen molar-refractivity contribution in [2.24, 2.45) is 5.73 Å². The van der Waals surface area contributed by atoms with Crippen LogP contribution < -0.4 is 10.6 Å². The third-order valence-electron chi connectivity index (χ3n) is 3.67. The van der Waals surface area contributed by atoms with Crippen molar-refractivity contribution in [2.45, 2.75) is 25.9 Å². The monoisotopic (exact) mass is 277 g/mol. The Morgan fingerprint density at radius 2 is 2.15 bits per heavy atom. The Kier molecular flexibility index (Phi) is 4.98. The van der Waals surface area contributed by atoms with E-state index >= 15 is 0 Å². The number of nitrogens with two attached hydrogens (primary N) is 1. The van der Waals surface area contributed by atoms with Gasteiger partial charge in [0.15, 0.2) is 0 Å². The number of aryl methyl sites for hydroxylation is 1. The lowest BCUT2D eigenvalue weighted by Crippen LogP contribution is -2.38. The Balaban J connectivity index is 2.06. The molecule has 0 unspecified atom stereocenters. The summed E-state index contributed by atoms with van der Waals surface area (Å²) in [6.07, 6.45) is 2.10. The average Bonchev–Trinajstić information content (AvgIpc) is 2.45. The summed E-state index contributed by atoms with van der Waals surface area (Å²) in [7, 11) is 0. The summed E-state index contributed by atoms with van der Waals surface area (Å²) in [5.41, 5.74) is 8.68. The van der Waals surface area contributed by atoms with Gasteiger partial charge in [0, 0.05) is 24.3 Å². The van der Waals surface area contributed by atoms with Gasteiger partial charge in [-0.1, -0.05) is 6.07 Å². The van der Waals surface area contributed by atoms with Crippen LogP contribution in [0.5, 0.6) is 0 Å². The highest BCUT2D eigenvalue weighted by Crippen LogP contribution is 2.26. The molecule has 5 nitrogen and oxygen atoms in total. The number of rotatable bonds is 5. The van der Waals surface area contributed by atoms with Gasteiger partial charge < -0.3 is 20.5 Å². The van der Waals surface area contributed by atoms with Gasteiger partial charge in [-0.15, -0.1) is 0 Å². The molecule has 110 valence electrons. The largest absolute Gasteiger partial charge is 0.394 e. The molecule has 1 saturated heterocycles. The van der Waals surface area contributed by atoms with E-state index in [2.05, 4.69) is 11.0 Å². The van der Waals surface area contributed by atoms with Crippen LogP contribution in [0.4, 0.5) is 5.69 Å². The van der Waals surface area contributed by atoms with Crippen LogP contribution in [0.3, 0.4) is 0 Å². The minimum absolute atomic E-state index is 0.0760. The van der Waals surface area contributed by atoms with E-state index < -0.39 is 0 Å². The minimum Gasteiger partial charge on any atom is -0.394 e. The first kappa shape index (κ1) is 14.8. The Morgan fingerprint density at radius 3 is 2.75 bits per heavy atom. The highest BCUT2D eigenvalue weighted by atomic mass is 16.5. The number of piperidine rings is 1. The molecule has 0 bridgehead atoms. The quantitative estimate of drug-likeness (QED) is 0.559. The molecule has 1 aliphatic rings. The van der Waals surface area contributed by atoms with Crippen molar-refractivity contribution in [3.8, 4) is 0 Å². The maximum absolute atomic E-state index is 8.78. The van der Waals surface area contributed by atoms with Gasteiger partial charge in [-0.2, -0.15) is 0 Å². The molecule has 1 aromatic rings. The van der Waals surface area contributed by atoms with E-state index in [1.54, 1.807) is 0 Å².